The van der Waals surface area contributed by atoms with E-state index in [9.17, 15) is 18.0 Å². The number of nitrogens with two attached hydrogens (primary N) is 2. The summed E-state index contributed by atoms with van der Waals surface area (Å²) in [7, 11) is 0. The van der Waals surface area contributed by atoms with Gasteiger partial charge in [0.05, 0.1) is 0 Å². The minimum absolute atomic E-state index is 0.0323. The quantitative estimate of drug-likeness (QED) is 0.658. The van der Waals surface area contributed by atoms with Gasteiger partial charge >= 0.3 is 6.36 Å². The first-order valence-electron chi connectivity index (χ1n) is 5.64. The number of carbonyl (C=O) groups is 1. The van der Waals surface area contributed by atoms with E-state index in [-0.39, 0.29) is 11.5 Å². The van der Waals surface area contributed by atoms with Crippen LogP contribution < -0.4 is 16.2 Å². The molecule has 0 saturated heterocycles. The lowest BCUT2D eigenvalue weighted by Crippen LogP contribution is -2.24. The predicted octanol–water partition coefficient (Wildman–Crippen LogP) is 2.12. The Morgan fingerprint density at radius 1 is 1.30 bits per heavy atom. The van der Waals surface area contributed by atoms with Crippen LogP contribution in [0.3, 0.4) is 0 Å². The highest BCUT2D eigenvalue weighted by molar-refractivity contribution is 6.03. The van der Waals surface area contributed by atoms with Crippen LogP contribution in [0.25, 0.3) is 0 Å². The van der Waals surface area contributed by atoms with Crippen molar-refractivity contribution >= 4 is 11.9 Å². The van der Waals surface area contributed by atoms with E-state index < -0.39 is 24.0 Å². The number of hydrogen-bond donors (Lipinski definition) is 2. The number of nitrogens with zero attached hydrogens (tertiary/aromatic N) is 1. The van der Waals surface area contributed by atoms with E-state index in [1.807, 2.05) is 0 Å². The third-order valence-electron chi connectivity index (χ3n) is 2.34. The predicted molar refractivity (Wildman–Crippen MR) is 67.4 cm³/mol. The van der Waals surface area contributed by atoms with Gasteiger partial charge in [0.15, 0.2) is 5.96 Å². The number of hydrogen-bond acceptors (Lipinski definition) is 2. The fraction of sp³-hybridized carbons (Fsp3) is 0.333. The van der Waals surface area contributed by atoms with Crippen molar-refractivity contribution in [2.75, 3.05) is 0 Å². The van der Waals surface area contributed by atoms with Crippen molar-refractivity contribution < 1.29 is 22.7 Å². The van der Waals surface area contributed by atoms with Crippen molar-refractivity contribution in [1.29, 1.82) is 0 Å². The Morgan fingerprint density at radius 3 is 2.35 bits per heavy atom. The Labute approximate surface area is 113 Å². The standard InChI is InChI=1S/C12H14F3N3O2/c1-6(2)8-4-3-7(20-12(13,14)15)5-9(8)10(19)18-11(16)17/h3-6H,1-2H3,(H4,16,17,18,19). The number of benzene rings is 1. The number of halogens is 3. The molecule has 0 atom stereocenters. The molecule has 1 rings (SSSR count). The third-order valence-corrected chi connectivity index (χ3v) is 2.34. The zero-order chi connectivity index (χ0) is 15.5. The Balaban J connectivity index is 3.26. The molecule has 20 heavy (non-hydrogen) atoms. The molecule has 0 aliphatic rings. The van der Waals surface area contributed by atoms with Gasteiger partial charge in [-0.05, 0) is 23.6 Å². The van der Waals surface area contributed by atoms with E-state index in [4.69, 9.17) is 11.5 Å². The summed E-state index contributed by atoms with van der Waals surface area (Å²) in [5, 5.41) is 0. The van der Waals surface area contributed by atoms with Crippen LogP contribution in [0, 0.1) is 0 Å². The van der Waals surface area contributed by atoms with Gasteiger partial charge in [0, 0.05) is 5.56 Å². The summed E-state index contributed by atoms with van der Waals surface area (Å²) in [5.74, 6) is -1.88. The van der Waals surface area contributed by atoms with Crippen molar-refractivity contribution in [2.45, 2.75) is 26.1 Å². The van der Waals surface area contributed by atoms with E-state index in [1.54, 1.807) is 13.8 Å². The Morgan fingerprint density at radius 2 is 1.90 bits per heavy atom. The zero-order valence-electron chi connectivity index (χ0n) is 10.9. The van der Waals surface area contributed by atoms with Crippen molar-refractivity contribution in [3.8, 4) is 5.75 Å². The summed E-state index contributed by atoms with van der Waals surface area (Å²) in [6.45, 7) is 3.57. The highest BCUT2D eigenvalue weighted by atomic mass is 19.4. The fourth-order valence-electron chi connectivity index (χ4n) is 1.60. The number of carbonyl (C=O) groups excluding carboxylic acids is 1. The lowest BCUT2D eigenvalue weighted by atomic mass is 9.96. The van der Waals surface area contributed by atoms with Crippen molar-refractivity contribution in [3.05, 3.63) is 29.3 Å². The van der Waals surface area contributed by atoms with Crippen LogP contribution in [0.4, 0.5) is 13.2 Å². The first kappa shape index (κ1) is 15.8. The highest BCUT2D eigenvalue weighted by Gasteiger charge is 2.31. The van der Waals surface area contributed by atoms with Gasteiger partial charge in [-0.2, -0.15) is 4.99 Å². The molecule has 1 aromatic rings. The summed E-state index contributed by atoms with van der Waals surface area (Å²) < 4.78 is 40.3. The molecule has 0 radical (unpaired) electrons. The van der Waals surface area contributed by atoms with Crippen LogP contribution in [-0.2, 0) is 0 Å². The molecule has 0 aromatic heterocycles. The maximum atomic E-state index is 12.2. The van der Waals surface area contributed by atoms with Crippen LogP contribution in [0.15, 0.2) is 23.2 Å². The summed E-state index contributed by atoms with van der Waals surface area (Å²) in [5.41, 5.74) is 10.7. The second-order valence-corrected chi connectivity index (χ2v) is 4.29. The van der Waals surface area contributed by atoms with Gasteiger partial charge in [-0.25, -0.2) is 0 Å². The minimum Gasteiger partial charge on any atom is -0.406 e. The number of rotatable bonds is 3. The second-order valence-electron chi connectivity index (χ2n) is 4.29. The van der Waals surface area contributed by atoms with E-state index in [0.717, 1.165) is 12.1 Å². The van der Waals surface area contributed by atoms with Crippen LogP contribution >= 0.6 is 0 Å². The van der Waals surface area contributed by atoms with Crippen LogP contribution in [0.5, 0.6) is 5.75 Å². The van der Waals surface area contributed by atoms with Gasteiger partial charge in [-0.15, -0.1) is 13.2 Å². The first-order valence-corrected chi connectivity index (χ1v) is 5.64. The normalized spacial score (nSPS) is 11.3. The molecule has 4 N–H and O–H groups in total. The largest absolute Gasteiger partial charge is 0.573 e. The smallest absolute Gasteiger partial charge is 0.406 e. The minimum atomic E-state index is -4.84. The molecule has 1 aromatic carbocycles. The number of guanidine groups is 1. The van der Waals surface area contributed by atoms with Crippen LogP contribution in [0.2, 0.25) is 0 Å². The average molecular weight is 289 g/mol. The van der Waals surface area contributed by atoms with E-state index in [1.165, 1.54) is 6.07 Å². The molecule has 1 amide bonds. The average Bonchev–Trinajstić information content (AvgIpc) is 2.25. The van der Waals surface area contributed by atoms with Crippen LogP contribution in [-0.4, -0.2) is 18.2 Å². The zero-order valence-corrected chi connectivity index (χ0v) is 10.9. The molecular weight excluding hydrogens is 275 g/mol. The van der Waals surface area contributed by atoms with Crippen molar-refractivity contribution in [3.63, 3.8) is 0 Å². The molecule has 0 fully saturated rings. The van der Waals surface area contributed by atoms with Crippen molar-refractivity contribution in [2.24, 2.45) is 16.5 Å². The third kappa shape index (κ3) is 4.45. The number of amides is 1. The molecular formula is C12H14F3N3O2. The molecule has 8 heteroatoms. The van der Waals surface area contributed by atoms with E-state index in [2.05, 4.69) is 9.73 Å². The summed E-state index contributed by atoms with van der Waals surface area (Å²) in [4.78, 5) is 15.1. The molecule has 0 saturated carbocycles. The van der Waals surface area contributed by atoms with Gasteiger partial charge in [0.1, 0.15) is 5.75 Å². The number of aliphatic imine (C=N–C) groups is 1. The Bertz CT molecular complexity index is 535. The summed E-state index contributed by atoms with van der Waals surface area (Å²) in [6.07, 6.45) is -4.84. The maximum absolute atomic E-state index is 12.2. The van der Waals surface area contributed by atoms with Gasteiger partial charge < -0.3 is 16.2 Å². The van der Waals surface area contributed by atoms with Gasteiger partial charge in [-0.3, -0.25) is 4.79 Å². The highest BCUT2D eigenvalue weighted by Crippen LogP contribution is 2.28. The van der Waals surface area contributed by atoms with Crippen LogP contribution in [0.1, 0.15) is 35.7 Å². The number of ether oxygens (including phenoxy) is 1. The molecule has 0 unspecified atom stereocenters. The topological polar surface area (TPSA) is 90.7 Å². The summed E-state index contributed by atoms with van der Waals surface area (Å²) in [6, 6.07) is 3.48. The lowest BCUT2D eigenvalue weighted by Gasteiger charge is -2.14. The molecule has 0 aliphatic carbocycles. The maximum Gasteiger partial charge on any atom is 0.573 e. The Kier molecular flexibility index (Phi) is 4.59. The molecule has 0 bridgehead atoms. The van der Waals surface area contributed by atoms with Gasteiger partial charge in [0.25, 0.3) is 5.91 Å². The Hall–Kier alpha value is -2.25. The van der Waals surface area contributed by atoms with E-state index >= 15 is 0 Å². The van der Waals surface area contributed by atoms with Crippen molar-refractivity contribution in [1.82, 2.24) is 0 Å². The molecule has 0 spiro atoms. The molecule has 0 heterocycles. The lowest BCUT2D eigenvalue weighted by molar-refractivity contribution is -0.274. The SMILES string of the molecule is CC(C)c1ccc(OC(F)(F)F)cc1C(=O)N=C(N)N. The first-order chi connectivity index (χ1) is 9.10. The monoisotopic (exact) mass is 289 g/mol. The second kappa shape index (κ2) is 5.81. The van der Waals surface area contributed by atoms with E-state index in [0.29, 0.717) is 5.56 Å². The van der Waals surface area contributed by atoms with Gasteiger partial charge in [0.2, 0.25) is 0 Å². The van der Waals surface area contributed by atoms with Gasteiger partial charge in [-0.1, -0.05) is 19.9 Å². The summed E-state index contributed by atoms with van der Waals surface area (Å²) >= 11 is 0. The molecule has 5 nitrogen and oxygen atoms in total. The fourth-order valence-corrected chi connectivity index (χ4v) is 1.60. The number of alkyl halides is 3. The molecule has 0 aliphatic heterocycles. The molecule has 110 valence electrons.